The molecule has 19 heavy (non-hydrogen) atoms. The molecule has 100 valence electrons. The Morgan fingerprint density at radius 3 is 2.63 bits per heavy atom. The highest BCUT2D eigenvalue weighted by molar-refractivity contribution is 9.08. The average Bonchev–Trinajstić information content (AvgIpc) is 2.82. The predicted molar refractivity (Wildman–Crippen MR) is 75.0 cm³/mol. The van der Waals surface area contributed by atoms with Crippen molar-refractivity contribution < 1.29 is 9.90 Å². The van der Waals surface area contributed by atoms with Gasteiger partial charge in [0.1, 0.15) is 11.6 Å². The lowest BCUT2D eigenvalue weighted by Gasteiger charge is -2.13. The smallest absolute Gasteiger partial charge is 0.337 e. The van der Waals surface area contributed by atoms with Crippen LogP contribution in [0.25, 0.3) is 5.69 Å². The van der Waals surface area contributed by atoms with Crippen molar-refractivity contribution in [1.82, 2.24) is 14.8 Å². The van der Waals surface area contributed by atoms with Crippen LogP contribution < -0.4 is 0 Å². The molecule has 0 aliphatic rings. The Kier molecular flexibility index (Phi) is 3.99. The summed E-state index contributed by atoms with van der Waals surface area (Å²) in [5.74, 6) is 0.641. The van der Waals surface area contributed by atoms with Crippen molar-refractivity contribution in [3.05, 3.63) is 41.5 Å². The van der Waals surface area contributed by atoms with Gasteiger partial charge in [-0.3, -0.25) is 4.57 Å². The number of hydrogen-bond donors (Lipinski definition) is 1. The van der Waals surface area contributed by atoms with Crippen LogP contribution in [0.1, 0.15) is 41.8 Å². The second kappa shape index (κ2) is 5.52. The van der Waals surface area contributed by atoms with Gasteiger partial charge in [-0.1, -0.05) is 41.9 Å². The fraction of sp³-hybridized carbons (Fsp3) is 0.308. The molecular weight excluding hydrogens is 310 g/mol. The third kappa shape index (κ3) is 2.53. The first kappa shape index (κ1) is 13.7. The molecule has 0 bridgehead atoms. The highest BCUT2D eigenvalue weighted by atomic mass is 79.9. The summed E-state index contributed by atoms with van der Waals surface area (Å²) in [7, 11) is 0. The predicted octanol–water partition coefficient (Wildman–Crippen LogP) is 2.98. The number of nitrogens with zero attached hydrogens (tertiary/aromatic N) is 3. The highest BCUT2D eigenvalue weighted by Crippen LogP contribution is 2.23. The topological polar surface area (TPSA) is 68.0 Å². The number of para-hydroxylation sites is 1. The van der Waals surface area contributed by atoms with Gasteiger partial charge in [-0.15, -0.1) is 10.2 Å². The van der Waals surface area contributed by atoms with E-state index in [-0.39, 0.29) is 11.5 Å². The monoisotopic (exact) mass is 323 g/mol. The molecule has 0 saturated heterocycles. The minimum atomic E-state index is -0.959. The molecule has 0 aliphatic heterocycles. The summed E-state index contributed by atoms with van der Waals surface area (Å²) in [4.78, 5) is 11.3. The van der Waals surface area contributed by atoms with Crippen LogP contribution in [-0.4, -0.2) is 25.8 Å². The van der Waals surface area contributed by atoms with Crippen LogP contribution in [0.2, 0.25) is 0 Å². The van der Waals surface area contributed by atoms with Crippen LogP contribution in [-0.2, 0) is 5.33 Å². The molecule has 6 heteroatoms. The summed E-state index contributed by atoms with van der Waals surface area (Å²) in [6.45, 7) is 4.00. The van der Waals surface area contributed by atoms with Gasteiger partial charge in [0.25, 0.3) is 0 Å². The number of halogens is 1. The molecule has 2 rings (SSSR count). The Morgan fingerprint density at radius 2 is 2.05 bits per heavy atom. The second-order valence-corrected chi connectivity index (χ2v) is 4.98. The molecule has 1 aromatic carbocycles. The lowest BCUT2D eigenvalue weighted by Crippen LogP contribution is -2.11. The molecular formula is C13H14BrN3O2. The summed E-state index contributed by atoms with van der Waals surface area (Å²) >= 11 is 3.36. The maximum absolute atomic E-state index is 11.3. The second-order valence-electron chi connectivity index (χ2n) is 4.42. The highest BCUT2D eigenvalue weighted by Gasteiger charge is 2.19. The Bertz CT molecular complexity index is 608. The maximum Gasteiger partial charge on any atom is 0.337 e. The first-order valence-corrected chi connectivity index (χ1v) is 7.01. The number of hydrogen-bond acceptors (Lipinski definition) is 3. The maximum atomic E-state index is 11.3. The fourth-order valence-corrected chi connectivity index (χ4v) is 2.27. The number of rotatable bonds is 4. The van der Waals surface area contributed by atoms with E-state index in [1.165, 1.54) is 0 Å². The molecule has 1 N–H and O–H groups in total. The number of carboxylic acid groups (broad SMARTS) is 1. The molecule has 0 aliphatic carbocycles. The van der Waals surface area contributed by atoms with Gasteiger partial charge in [-0.2, -0.15) is 0 Å². The Labute approximate surface area is 119 Å². The number of benzene rings is 1. The minimum absolute atomic E-state index is 0.155. The van der Waals surface area contributed by atoms with Crippen molar-refractivity contribution in [1.29, 1.82) is 0 Å². The van der Waals surface area contributed by atoms with Gasteiger partial charge in [-0.05, 0) is 12.1 Å². The van der Waals surface area contributed by atoms with Gasteiger partial charge in [0, 0.05) is 5.92 Å². The van der Waals surface area contributed by atoms with E-state index in [0.29, 0.717) is 16.8 Å². The van der Waals surface area contributed by atoms with Gasteiger partial charge in [0.2, 0.25) is 0 Å². The van der Waals surface area contributed by atoms with E-state index >= 15 is 0 Å². The van der Waals surface area contributed by atoms with Crippen molar-refractivity contribution in [2.45, 2.75) is 25.1 Å². The van der Waals surface area contributed by atoms with Gasteiger partial charge in [0.15, 0.2) is 0 Å². The molecule has 0 fully saturated rings. The van der Waals surface area contributed by atoms with Crippen LogP contribution >= 0.6 is 15.9 Å². The number of carbonyl (C=O) groups is 1. The number of carboxylic acids is 1. The van der Waals surface area contributed by atoms with E-state index < -0.39 is 5.97 Å². The van der Waals surface area contributed by atoms with Crippen molar-refractivity contribution >= 4 is 21.9 Å². The van der Waals surface area contributed by atoms with Gasteiger partial charge < -0.3 is 5.11 Å². The first-order chi connectivity index (χ1) is 9.06. The molecule has 0 radical (unpaired) electrons. The summed E-state index contributed by atoms with van der Waals surface area (Å²) in [6.07, 6.45) is 0. The quantitative estimate of drug-likeness (QED) is 0.878. The van der Waals surface area contributed by atoms with E-state index in [4.69, 9.17) is 0 Å². The SMILES string of the molecule is CC(C)c1nnc(CBr)n1-c1ccccc1C(=O)O. The van der Waals surface area contributed by atoms with Crippen molar-refractivity contribution in [3.8, 4) is 5.69 Å². The van der Waals surface area contributed by atoms with E-state index in [1.807, 2.05) is 24.5 Å². The third-order valence-corrected chi connectivity index (χ3v) is 3.27. The van der Waals surface area contributed by atoms with Gasteiger partial charge >= 0.3 is 5.97 Å². The zero-order valence-electron chi connectivity index (χ0n) is 10.7. The van der Waals surface area contributed by atoms with E-state index in [1.54, 1.807) is 18.2 Å². The normalized spacial score (nSPS) is 10.9. The lowest BCUT2D eigenvalue weighted by atomic mass is 10.1. The largest absolute Gasteiger partial charge is 0.478 e. The van der Waals surface area contributed by atoms with Crippen molar-refractivity contribution in [3.63, 3.8) is 0 Å². The molecule has 1 heterocycles. The van der Waals surface area contributed by atoms with Crippen LogP contribution in [0, 0.1) is 0 Å². The van der Waals surface area contributed by atoms with Gasteiger partial charge in [0.05, 0.1) is 16.6 Å². The summed E-state index contributed by atoms with van der Waals surface area (Å²) in [5, 5.41) is 18.1. The summed E-state index contributed by atoms with van der Waals surface area (Å²) in [5.41, 5.74) is 0.838. The van der Waals surface area contributed by atoms with Crippen molar-refractivity contribution in [2.24, 2.45) is 0 Å². The zero-order valence-corrected chi connectivity index (χ0v) is 12.3. The Hall–Kier alpha value is -1.69. The number of aromatic nitrogens is 3. The standard InChI is InChI=1S/C13H14BrN3O2/c1-8(2)12-16-15-11(7-14)17(12)10-6-4-3-5-9(10)13(18)19/h3-6,8H,7H2,1-2H3,(H,18,19). The molecule has 0 amide bonds. The van der Waals surface area contributed by atoms with E-state index in [2.05, 4.69) is 26.1 Å². The molecule has 0 spiro atoms. The van der Waals surface area contributed by atoms with Gasteiger partial charge in [-0.25, -0.2) is 4.79 Å². The molecule has 5 nitrogen and oxygen atoms in total. The molecule has 2 aromatic rings. The third-order valence-electron chi connectivity index (χ3n) is 2.77. The van der Waals surface area contributed by atoms with Crippen LogP contribution in [0.15, 0.2) is 24.3 Å². The van der Waals surface area contributed by atoms with Crippen molar-refractivity contribution in [2.75, 3.05) is 0 Å². The molecule has 0 unspecified atom stereocenters. The summed E-state index contributed by atoms with van der Waals surface area (Å²) in [6, 6.07) is 6.87. The van der Waals surface area contributed by atoms with Crippen LogP contribution in [0.5, 0.6) is 0 Å². The van der Waals surface area contributed by atoms with Crippen LogP contribution in [0.4, 0.5) is 0 Å². The average molecular weight is 324 g/mol. The van der Waals surface area contributed by atoms with E-state index in [0.717, 1.165) is 5.82 Å². The lowest BCUT2D eigenvalue weighted by molar-refractivity contribution is 0.0697. The molecule has 1 aromatic heterocycles. The number of aromatic carboxylic acids is 1. The minimum Gasteiger partial charge on any atom is -0.478 e. The van der Waals surface area contributed by atoms with Crippen LogP contribution in [0.3, 0.4) is 0 Å². The Morgan fingerprint density at radius 1 is 1.37 bits per heavy atom. The first-order valence-electron chi connectivity index (χ1n) is 5.89. The summed E-state index contributed by atoms with van der Waals surface area (Å²) < 4.78 is 1.81. The zero-order chi connectivity index (χ0) is 14.0. The van der Waals surface area contributed by atoms with E-state index in [9.17, 15) is 9.90 Å². The molecule has 0 saturated carbocycles. The number of alkyl halides is 1. The molecule has 0 atom stereocenters. The Balaban J connectivity index is 2.71. The fourth-order valence-electron chi connectivity index (χ4n) is 1.90.